The Kier molecular flexibility index (Phi) is 5.07. The predicted molar refractivity (Wildman–Crippen MR) is 79.7 cm³/mol. The molecule has 2 N–H and O–H groups in total. The first-order valence-corrected chi connectivity index (χ1v) is 7.48. The summed E-state index contributed by atoms with van der Waals surface area (Å²) in [5, 5.41) is 19.4. The van der Waals surface area contributed by atoms with Crippen LogP contribution in [0, 0.1) is 0 Å². The van der Waals surface area contributed by atoms with Crippen molar-refractivity contribution in [2.75, 3.05) is 13.2 Å². The van der Waals surface area contributed by atoms with Crippen molar-refractivity contribution in [1.29, 1.82) is 0 Å². The fraction of sp³-hybridized carbons (Fsp3) is 0.562. The third kappa shape index (κ3) is 3.47. The summed E-state index contributed by atoms with van der Waals surface area (Å²) in [6, 6.07) is 4.35. The van der Waals surface area contributed by atoms with Crippen LogP contribution in [0.2, 0.25) is 0 Å². The molecular weight excluding hydrogens is 270 g/mol. The second kappa shape index (κ2) is 6.80. The number of rotatable bonds is 5. The molecule has 1 saturated heterocycles. The zero-order valence-electron chi connectivity index (χ0n) is 12.6. The Morgan fingerprint density at radius 1 is 1.48 bits per heavy atom. The van der Waals surface area contributed by atoms with Gasteiger partial charge in [-0.05, 0) is 50.9 Å². The molecule has 0 spiro atoms. The lowest BCUT2D eigenvalue weighted by atomic mass is 9.97. The first-order chi connectivity index (χ1) is 10.0. The van der Waals surface area contributed by atoms with Crippen molar-refractivity contribution < 1.29 is 19.7 Å². The topological polar surface area (TPSA) is 70.0 Å². The Bertz CT molecular complexity index is 503. The molecule has 116 valence electrons. The van der Waals surface area contributed by atoms with Gasteiger partial charge in [-0.3, -0.25) is 9.69 Å². The zero-order chi connectivity index (χ0) is 15.4. The molecule has 2 unspecified atom stereocenters. The first-order valence-electron chi connectivity index (χ1n) is 7.48. The van der Waals surface area contributed by atoms with Crippen LogP contribution in [-0.2, 0) is 4.79 Å². The molecule has 1 aromatic rings. The number of hydrogen-bond acceptors (Lipinski definition) is 4. The maximum Gasteiger partial charge on any atom is 0.325 e. The number of carbonyl (C=O) groups is 1. The highest BCUT2D eigenvalue weighted by atomic mass is 16.5. The van der Waals surface area contributed by atoms with Crippen molar-refractivity contribution in [1.82, 2.24) is 4.90 Å². The van der Waals surface area contributed by atoms with Gasteiger partial charge in [0.2, 0.25) is 0 Å². The minimum absolute atomic E-state index is 0.0384. The first kappa shape index (κ1) is 15.6. The van der Waals surface area contributed by atoms with Crippen LogP contribution < -0.4 is 4.74 Å². The molecule has 2 atom stereocenters. The van der Waals surface area contributed by atoms with Gasteiger partial charge in [-0.15, -0.1) is 0 Å². The van der Waals surface area contributed by atoms with Gasteiger partial charge in [-0.25, -0.2) is 0 Å². The molecule has 0 saturated carbocycles. The minimum atomic E-state index is -0.864. The number of aliphatic carboxylic acids is 1. The molecule has 1 heterocycles. The molecule has 0 radical (unpaired) electrons. The number of hydrogen-bond donors (Lipinski definition) is 2. The van der Waals surface area contributed by atoms with Crippen LogP contribution in [0.3, 0.4) is 0 Å². The molecule has 1 aliphatic rings. The standard InChI is InChI=1S/C16H23NO4/c1-3-21-14-10-12(7-8-13(14)18)15(16(19)20)17-9-5-4-6-11(17)2/h7-8,10-11,15,18H,3-6,9H2,1-2H3,(H,19,20). The molecule has 0 aliphatic carbocycles. The number of phenols is 1. The van der Waals surface area contributed by atoms with Gasteiger partial charge in [-0.1, -0.05) is 12.5 Å². The van der Waals surface area contributed by atoms with Gasteiger partial charge in [0.05, 0.1) is 6.61 Å². The average molecular weight is 293 g/mol. The Hall–Kier alpha value is -1.75. The fourth-order valence-electron chi connectivity index (χ4n) is 2.95. The van der Waals surface area contributed by atoms with E-state index in [4.69, 9.17) is 4.74 Å². The van der Waals surface area contributed by atoms with E-state index in [0.717, 1.165) is 25.8 Å². The van der Waals surface area contributed by atoms with Crippen LogP contribution >= 0.6 is 0 Å². The summed E-state index contributed by atoms with van der Waals surface area (Å²) in [6.07, 6.45) is 3.18. The summed E-state index contributed by atoms with van der Waals surface area (Å²) < 4.78 is 5.36. The summed E-state index contributed by atoms with van der Waals surface area (Å²) in [5.74, 6) is -0.487. The summed E-state index contributed by atoms with van der Waals surface area (Å²) >= 11 is 0. The highest BCUT2D eigenvalue weighted by molar-refractivity contribution is 5.76. The molecule has 0 aromatic heterocycles. The number of benzene rings is 1. The average Bonchev–Trinajstić information content (AvgIpc) is 2.44. The van der Waals surface area contributed by atoms with E-state index in [1.807, 2.05) is 11.8 Å². The van der Waals surface area contributed by atoms with E-state index < -0.39 is 12.0 Å². The predicted octanol–water partition coefficient (Wildman–Crippen LogP) is 2.79. The molecule has 5 nitrogen and oxygen atoms in total. The van der Waals surface area contributed by atoms with Gasteiger partial charge < -0.3 is 14.9 Å². The monoisotopic (exact) mass is 293 g/mol. The molecular formula is C16H23NO4. The lowest BCUT2D eigenvalue weighted by molar-refractivity contribution is -0.145. The van der Waals surface area contributed by atoms with Gasteiger partial charge in [0.15, 0.2) is 11.5 Å². The van der Waals surface area contributed by atoms with Crippen LogP contribution in [0.5, 0.6) is 11.5 Å². The summed E-state index contributed by atoms with van der Waals surface area (Å²) in [6.45, 7) is 5.10. The molecule has 1 aliphatic heterocycles. The molecule has 2 rings (SSSR count). The van der Waals surface area contributed by atoms with Gasteiger partial charge in [-0.2, -0.15) is 0 Å². The number of piperidine rings is 1. The molecule has 0 amide bonds. The molecule has 5 heteroatoms. The van der Waals surface area contributed by atoms with Crippen molar-refractivity contribution in [3.8, 4) is 11.5 Å². The van der Waals surface area contributed by atoms with E-state index in [0.29, 0.717) is 17.9 Å². The van der Waals surface area contributed by atoms with Gasteiger partial charge in [0.25, 0.3) is 0 Å². The van der Waals surface area contributed by atoms with E-state index in [-0.39, 0.29) is 11.8 Å². The summed E-state index contributed by atoms with van der Waals surface area (Å²) in [5.41, 5.74) is 0.650. The lowest BCUT2D eigenvalue weighted by Crippen LogP contribution is -2.43. The van der Waals surface area contributed by atoms with E-state index >= 15 is 0 Å². The molecule has 21 heavy (non-hydrogen) atoms. The van der Waals surface area contributed by atoms with Crippen molar-refractivity contribution in [2.45, 2.75) is 45.2 Å². The summed E-state index contributed by atoms with van der Waals surface area (Å²) in [4.78, 5) is 13.8. The van der Waals surface area contributed by atoms with Crippen LogP contribution in [-0.4, -0.2) is 40.3 Å². The van der Waals surface area contributed by atoms with Gasteiger partial charge in [0, 0.05) is 6.04 Å². The second-order valence-corrected chi connectivity index (χ2v) is 5.48. The van der Waals surface area contributed by atoms with E-state index in [2.05, 4.69) is 6.92 Å². The van der Waals surface area contributed by atoms with Crippen LogP contribution in [0.15, 0.2) is 18.2 Å². The van der Waals surface area contributed by atoms with Crippen LogP contribution in [0.1, 0.15) is 44.7 Å². The number of carboxylic acids is 1. The van der Waals surface area contributed by atoms with E-state index in [1.54, 1.807) is 12.1 Å². The van der Waals surface area contributed by atoms with Gasteiger partial charge in [0.1, 0.15) is 6.04 Å². The highest BCUT2D eigenvalue weighted by Gasteiger charge is 2.32. The third-order valence-electron chi connectivity index (χ3n) is 4.02. The maximum absolute atomic E-state index is 11.8. The largest absolute Gasteiger partial charge is 0.504 e. The molecule has 1 fully saturated rings. The normalized spacial score (nSPS) is 21.0. The summed E-state index contributed by atoms with van der Waals surface area (Å²) in [7, 11) is 0. The minimum Gasteiger partial charge on any atom is -0.504 e. The Labute approximate surface area is 125 Å². The number of nitrogens with zero attached hydrogens (tertiary/aromatic N) is 1. The van der Waals surface area contributed by atoms with Crippen LogP contribution in [0.4, 0.5) is 0 Å². The van der Waals surface area contributed by atoms with E-state index in [1.165, 1.54) is 6.07 Å². The zero-order valence-corrected chi connectivity index (χ0v) is 12.6. The number of likely N-dealkylation sites (tertiary alicyclic amines) is 1. The molecule has 0 bridgehead atoms. The van der Waals surface area contributed by atoms with Crippen molar-refractivity contribution in [3.63, 3.8) is 0 Å². The Balaban J connectivity index is 2.33. The number of ether oxygens (including phenoxy) is 1. The smallest absolute Gasteiger partial charge is 0.325 e. The highest BCUT2D eigenvalue weighted by Crippen LogP contribution is 2.34. The van der Waals surface area contributed by atoms with E-state index in [9.17, 15) is 15.0 Å². The van der Waals surface area contributed by atoms with Gasteiger partial charge >= 0.3 is 5.97 Å². The second-order valence-electron chi connectivity index (χ2n) is 5.48. The Morgan fingerprint density at radius 2 is 2.24 bits per heavy atom. The SMILES string of the molecule is CCOc1cc(C(C(=O)O)N2CCCCC2C)ccc1O. The molecule has 1 aromatic carbocycles. The number of phenolic OH excluding ortho intramolecular Hbond substituents is 1. The van der Waals surface area contributed by atoms with Crippen molar-refractivity contribution in [2.24, 2.45) is 0 Å². The number of carboxylic acid groups (broad SMARTS) is 1. The Morgan fingerprint density at radius 3 is 2.86 bits per heavy atom. The van der Waals surface area contributed by atoms with Crippen molar-refractivity contribution >= 4 is 5.97 Å². The quantitative estimate of drug-likeness (QED) is 0.873. The number of aromatic hydroxyl groups is 1. The van der Waals surface area contributed by atoms with Crippen molar-refractivity contribution in [3.05, 3.63) is 23.8 Å². The maximum atomic E-state index is 11.8. The lowest BCUT2D eigenvalue weighted by Gasteiger charge is -2.37. The van der Waals surface area contributed by atoms with Crippen LogP contribution in [0.25, 0.3) is 0 Å². The third-order valence-corrected chi connectivity index (χ3v) is 4.02. The fourth-order valence-corrected chi connectivity index (χ4v) is 2.95.